The number of esters is 1. The monoisotopic (exact) mass is 464 g/mol. The van der Waals surface area contributed by atoms with E-state index in [0.717, 1.165) is 25.0 Å². The molecule has 0 aliphatic carbocycles. The van der Waals surface area contributed by atoms with Gasteiger partial charge in [-0.15, -0.1) is 0 Å². The highest BCUT2D eigenvalue weighted by atomic mass is 32.2. The van der Waals surface area contributed by atoms with Crippen LogP contribution in [0.1, 0.15) is 45.4 Å². The van der Waals surface area contributed by atoms with Crippen molar-refractivity contribution < 1.29 is 38.5 Å². The summed E-state index contributed by atoms with van der Waals surface area (Å²) in [5, 5.41) is 13.9. The second-order valence-electron chi connectivity index (χ2n) is 6.52. The number of carbonyl (C=O) groups is 4. The summed E-state index contributed by atoms with van der Waals surface area (Å²) in [6.45, 7) is 3.48. The number of hydrogen-bond donors (Lipinski definition) is 3. The Morgan fingerprint density at radius 2 is 1.42 bits per heavy atom. The van der Waals surface area contributed by atoms with Gasteiger partial charge in [-0.2, -0.15) is 0 Å². The lowest BCUT2D eigenvalue weighted by Crippen LogP contribution is -2.29. The van der Waals surface area contributed by atoms with E-state index in [1.165, 1.54) is 18.7 Å². The van der Waals surface area contributed by atoms with Gasteiger partial charge in [0.2, 0.25) is 11.8 Å². The van der Waals surface area contributed by atoms with Crippen LogP contribution in [0.3, 0.4) is 0 Å². The van der Waals surface area contributed by atoms with Gasteiger partial charge in [-0.3, -0.25) is 19.2 Å². The van der Waals surface area contributed by atoms with Crippen molar-refractivity contribution in [3.8, 4) is 0 Å². The van der Waals surface area contributed by atoms with Gasteiger partial charge in [0.05, 0.1) is 46.0 Å². The average molecular weight is 465 g/mol. The molecule has 0 aromatic rings. The van der Waals surface area contributed by atoms with Crippen molar-refractivity contribution in [1.82, 2.24) is 10.6 Å². The fourth-order valence-corrected chi connectivity index (χ4v) is 2.89. The molecule has 0 fully saturated rings. The predicted molar refractivity (Wildman–Crippen MR) is 117 cm³/mol. The largest absolute Gasteiger partial charge is 0.464 e. The van der Waals surface area contributed by atoms with Crippen molar-refractivity contribution >= 4 is 34.7 Å². The Kier molecular flexibility index (Phi) is 20.4. The molecule has 11 heteroatoms. The van der Waals surface area contributed by atoms with E-state index >= 15 is 0 Å². The maximum absolute atomic E-state index is 11.7. The van der Waals surface area contributed by atoms with Crippen LogP contribution in [0.5, 0.6) is 0 Å². The molecular formula is C20H36N2O8S. The molecule has 2 amide bonds. The van der Waals surface area contributed by atoms with Crippen molar-refractivity contribution in [3.63, 3.8) is 0 Å². The molecule has 10 nitrogen and oxygen atoms in total. The molecule has 0 aromatic heterocycles. The molecule has 180 valence electrons. The first-order valence-electron chi connectivity index (χ1n) is 10.5. The van der Waals surface area contributed by atoms with E-state index in [2.05, 4.69) is 10.6 Å². The Labute approximate surface area is 188 Å². The highest BCUT2D eigenvalue weighted by Gasteiger charge is 2.08. The molecular weight excluding hydrogens is 428 g/mol. The third-order valence-electron chi connectivity index (χ3n) is 3.77. The van der Waals surface area contributed by atoms with E-state index in [-0.39, 0.29) is 56.1 Å². The van der Waals surface area contributed by atoms with Gasteiger partial charge in [0.25, 0.3) is 0 Å². The Bertz CT molecular complexity index is 519. The molecule has 3 N–H and O–H groups in total. The predicted octanol–water partition coefficient (Wildman–Crippen LogP) is 0.408. The number of aliphatic hydroxyl groups is 1. The lowest BCUT2D eigenvalue weighted by molar-refractivity contribution is -0.145. The Morgan fingerprint density at radius 3 is 2.10 bits per heavy atom. The third-order valence-corrected chi connectivity index (χ3v) is 4.67. The summed E-state index contributed by atoms with van der Waals surface area (Å²) in [5.74, 6) is -0.0890. The maximum Gasteiger partial charge on any atom is 0.306 e. The van der Waals surface area contributed by atoms with E-state index in [0.29, 0.717) is 32.8 Å². The Morgan fingerprint density at radius 1 is 0.774 bits per heavy atom. The average Bonchev–Trinajstić information content (AvgIpc) is 2.73. The molecule has 0 saturated carbocycles. The van der Waals surface area contributed by atoms with Crippen LogP contribution in [0.25, 0.3) is 0 Å². The standard InChI is InChI=1S/C20H36N2O8S/c1-17(24)31-16-4-2-3-5-18(25)22-9-12-30-20(27)7-6-19(26)21-8-11-28-14-15-29-13-10-23/h23H,2-16H2,1H3,(H,21,26)(H,22,25). The molecule has 0 heterocycles. The first-order valence-corrected chi connectivity index (χ1v) is 11.5. The zero-order valence-electron chi connectivity index (χ0n) is 18.3. The van der Waals surface area contributed by atoms with Gasteiger partial charge in [0.15, 0.2) is 5.12 Å². The zero-order valence-corrected chi connectivity index (χ0v) is 19.1. The topological polar surface area (TPSA) is 140 Å². The highest BCUT2D eigenvalue weighted by Crippen LogP contribution is 2.08. The fraction of sp³-hybridized carbons (Fsp3) is 0.800. The van der Waals surface area contributed by atoms with Gasteiger partial charge in [0.1, 0.15) is 6.61 Å². The van der Waals surface area contributed by atoms with E-state index in [9.17, 15) is 19.2 Å². The van der Waals surface area contributed by atoms with Crippen LogP contribution in [-0.2, 0) is 33.4 Å². The van der Waals surface area contributed by atoms with Crippen molar-refractivity contribution in [2.75, 3.05) is 58.5 Å². The molecule has 0 bridgehead atoms. The molecule has 0 aliphatic rings. The smallest absolute Gasteiger partial charge is 0.306 e. The molecule has 0 saturated heterocycles. The fourth-order valence-electron chi connectivity index (χ4n) is 2.25. The van der Waals surface area contributed by atoms with Gasteiger partial charge in [-0.1, -0.05) is 18.2 Å². The van der Waals surface area contributed by atoms with Gasteiger partial charge in [-0.05, 0) is 12.8 Å². The molecule has 31 heavy (non-hydrogen) atoms. The molecule has 0 atom stereocenters. The minimum atomic E-state index is -0.496. The minimum absolute atomic E-state index is 0.0206. The molecule has 0 unspecified atom stereocenters. The second kappa shape index (κ2) is 21.5. The number of thioether (sulfide) groups is 1. The first kappa shape index (κ1) is 29.3. The Balaban J connectivity index is 3.47. The van der Waals surface area contributed by atoms with E-state index in [1.54, 1.807) is 0 Å². The summed E-state index contributed by atoms with van der Waals surface area (Å²) in [4.78, 5) is 45.7. The molecule has 0 aliphatic heterocycles. The van der Waals surface area contributed by atoms with Gasteiger partial charge < -0.3 is 30.0 Å². The van der Waals surface area contributed by atoms with Crippen LogP contribution in [0.4, 0.5) is 0 Å². The third kappa shape index (κ3) is 22.8. The first-order chi connectivity index (χ1) is 15.0. The van der Waals surface area contributed by atoms with Gasteiger partial charge in [0, 0.05) is 32.1 Å². The SMILES string of the molecule is CC(=O)SCCCCCC(=O)NCCOC(=O)CCC(=O)NCCOCCOCCO. The zero-order chi connectivity index (χ0) is 23.2. The van der Waals surface area contributed by atoms with E-state index in [4.69, 9.17) is 19.3 Å². The van der Waals surface area contributed by atoms with Crippen LogP contribution in [-0.4, -0.2) is 86.5 Å². The van der Waals surface area contributed by atoms with E-state index in [1.807, 2.05) is 0 Å². The molecule has 0 radical (unpaired) electrons. The van der Waals surface area contributed by atoms with Crippen LogP contribution in [0.2, 0.25) is 0 Å². The number of nitrogens with one attached hydrogen (secondary N) is 2. The minimum Gasteiger partial charge on any atom is -0.464 e. The number of aliphatic hydroxyl groups excluding tert-OH is 1. The van der Waals surface area contributed by atoms with Crippen LogP contribution in [0.15, 0.2) is 0 Å². The van der Waals surface area contributed by atoms with Crippen molar-refractivity contribution in [2.45, 2.75) is 45.4 Å². The number of rotatable bonds is 20. The van der Waals surface area contributed by atoms with E-state index < -0.39 is 5.97 Å². The highest BCUT2D eigenvalue weighted by molar-refractivity contribution is 8.13. The number of amides is 2. The number of ether oxygens (including phenoxy) is 3. The van der Waals surface area contributed by atoms with Crippen molar-refractivity contribution in [2.24, 2.45) is 0 Å². The maximum atomic E-state index is 11.7. The van der Waals surface area contributed by atoms with Crippen molar-refractivity contribution in [1.29, 1.82) is 0 Å². The summed E-state index contributed by atoms with van der Waals surface area (Å²) in [5.41, 5.74) is 0. The number of carbonyl (C=O) groups excluding carboxylic acids is 4. The van der Waals surface area contributed by atoms with Crippen LogP contribution >= 0.6 is 11.8 Å². The van der Waals surface area contributed by atoms with Gasteiger partial charge in [-0.25, -0.2) is 0 Å². The summed E-state index contributed by atoms with van der Waals surface area (Å²) < 4.78 is 15.2. The lowest BCUT2D eigenvalue weighted by atomic mass is 10.2. The lowest BCUT2D eigenvalue weighted by Gasteiger charge is -2.08. The number of unbranched alkanes of at least 4 members (excludes halogenated alkanes) is 2. The summed E-state index contributed by atoms with van der Waals surface area (Å²) >= 11 is 1.29. The summed E-state index contributed by atoms with van der Waals surface area (Å²) in [6, 6.07) is 0. The molecule has 0 rings (SSSR count). The quantitative estimate of drug-likeness (QED) is 0.173. The van der Waals surface area contributed by atoms with Crippen LogP contribution in [0, 0.1) is 0 Å². The van der Waals surface area contributed by atoms with Crippen LogP contribution < -0.4 is 10.6 Å². The van der Waals surface area contributed by atoms with Gasteiger partial charge >= 0.3 is 5.97 Å². The number of hydrogen-bond acceptors (Lipinski definition) is 9. The summed E-state index contributed by atoms with van der Waals surface area (Å²) in [6.07, 6.45) is 2.92. The Hall–Kier alpha value is -1.69. The second-order valence-corrected chi connectivity index (χ2v) is 7.79. The normalized spacial score (nSPS) is 10.5. The summed E-state index contributed by atoms with van der Waals surface area (Å²) in [7, 11) is 0. The van der Waals surface area contributed by atoms with Crippen molar-refractivity contribution in [3.05, 3.63) is 0 Å². The molecule has 0 spiro atoms. The molecule has 0 aromatic carbocycles.